The second-order valence-corrected chi connectivity index (χ2v) is 5.40. The first-order valence-electron chi connectivity index (χ1n) is 6.80. The van der Waals surface area contributed by atoms with Gasteiger partial charge in [0, 0.05) is 19.1 Å². The quantitative estimate of drug-likeness (QED) is 0.908. The van der Waals surface area contributed by atoms with Gasteiger partial charge in [0.1, 0.15) is 0 Å². The van der Waals surface area contributed by atoms with Crippen molar-refractivity contribution in [3.63, 3.8) is 0 Å². The highest BCUT2D eigenvalue weighted by Gasteiger charge is 2.47. The Morgan fingerprint density at radius 2 is 2.10 bits per heavy atom. The van der Waals surface area contributed by atoms with Gasteiger partial charge in [0.2, 0.25) is 5.91 Å². The van der Waals surface area contributed by atoms with Gasteiger partial charge in [0.15, 0.2) is 0 Å². The molecule has 0 aliphatic heterocycles. The molecule has 0 bridgehead atoms. The molecule has 3 nitrogen and oxygen atoms in total. The number of amides is 1. The lowest BCUT2D eigenvalue weighted by atomic mass is 10.0. The summed E-state index contributed by atoms with van der Waals surface area (Å²) in [5.74, 6) is -0.938. The van der Waals surface area contributed by atoms with E-state index in [0.29, 0.717) is 13.0 Å². The summed E-state index contributed by atoms with van der Waals surface area (Å²) in [4.78, 5) is 12.0. The van der Waals surface area contributed by atoms with Crippen LogP contribution in [0.3, 0.4) is 0 Å². The maximum atomic E-state index is 13.0. The van der Waals surface area contributed by atoms with E-state index in [1.54, 1.807) is 13.0 Å². The van der Waals surface area contributed by atoms with Crippen molar-refractivity contribution in [3.05, 3.63) is 35.4 Å². The summed E-state index contributed by atoms with van der Waals surface area (Å²) < 4.78 is 43.8. The monoisotopic (exact) mass is 301 g/mol. The van der Waals surface area contributed by atoms with Crippen molar-refractivity contribution in [2.75, 3.05) is 13.7 Å². The van der Waals surface area contributed by atoms with E-state index in [4.69, 9.17) is 4.74 Å². The molecule has 21 heavy (non-hydrogen) atoms. The number of benzene rings is 1. The maximum absolute atomic E-state index is 13.0. The number of hydrogen-bond acceptors (Lipinski definition) is 2. The van der Waals surface area contributed by atoms with Crippen LogP contribution in [0.2, 0.25) is 0 Å². The van der Waals surface area contributed by atoms with Crippen LogP contribution in [-0.2, 0) is 15.7 Å². The molecule has 0 aromatic heterocycles. The molecule has 0 saturated heterocycles. The Hall–Kier alpha value is -1.56. The third kappa shape index (κ3) is 3.75. The zero-order valence-electron chi connectivity index (χ0n) is 11.9. The molecule has 3 unspecified atom stereocenters. The number of nitrogens with one attached hydrogen (secondary N) is 1. The lowest BCUT2D eigenvalue weighted by Gasteiger charge is -2.14. The molecular weight excluding hydrogens is 283 g/mol. The fourth-order valence-corrected chi connectivity index (χ4v) is 2.55. The average molecular weight is 301 g/mol. The van der Waals surface area contributed by atoms with E-state index in [0.717, 1.165) is 6.07 Å². The largest absolute Gasteiger partial charge is 0.416 e. The number of hydrogen-bond donors (Lipinski definition) is 1. The van der Waals surface area contributed by atoms with Crippen LogP contribution in [0.15, 0.2) is 24.3 Å². The van der Waals surface area contributed by atoms with Crippen LogP contribution in [-0.4, -0.2) is 25.7 Å². The molecular formula is C15H18F3NO2. The van der Waals surface area contributed by atoms with E-state index in [2.05, 4.69) is 5.32 Å². The minimum absolute atomic E-state index is 0.151. The van der Waals surface area contributed by atoms with Crippen molar-refractivity contribution in [1.82, 2.24) is 5.32 Å². The van der Waals surface area contributed by atoms with E-state index < -0.39 is 11.7 Å². The number of halogens is 3. The Morgan fingerprint density at radius 3 is 2.71 bits per heavy atom. The van der Waals surface area contributed by atoms with Crippen molar-refractivity contribution >= 4 is 5.91 Å². The van der Waals surface area contributed by atoms with E-state index in [1.807, 2.05) is 0 Å². The van der Waals surface area contributed by atoms with Gasteiger partial charge in [-0.25, -0.2) is 0 Å². The molecule has 1 N–H and O–H groups in total. The van der Waals surface area contributed by atoms with Crippen molar-refractivity contribution < 1.29 is 22.7 Å². The van der Waals surface area contributed by atoms with Gasteiger partial charge >= 0.3 is 6.18 Å². The summed E-state index contributed by atoms with van der Waals surface area (Å²) in [5, 5.41) is 2.76. The minimum Gasteiger partial charge on any atom is -0.383 e. The van der Waals surface area contributed by atoms with Gasteiger partial charge in [-0.1, -0.05) is 18.2 Å². The van der Waals surface area contributed by atoms with E-state index in [9.17, 15) is 18.0 Å². The van der Waals surface area contributed by atoms with Crippen molar-refractivity contribution in [1.29, 1.82) is 0 Å². The molecule has 3 atom stereocenters. The summed E-state index contributed by atoms with van der Waals surface area (Å²) in [6.45, 7) is 2.17. The molecule has 1 aliphatic rings. The zero-order valence-corrected chi connectivity index (χ0v) is 11.9. The van der Waals surface area contributed by atoms with Crippen molar-refractivity contribution in [2.45, 2.75) is 31.5 Å². The molecule has 0 spiro atoms. The summed E-state index contributed by atoms with van der Waals surface area (Å²) in [5.41, 5.74) is -0.431. The van der Waals surface area contributed by atoms with Crippen LogP contribution in [0.25, 0.3) is 0 Å². The third-order valence-corrected chi connectivity index (χ3v) is 3.60. The number of carbonyl (C=O) groups is 1. The number of methoxy groups -OCH3 is 1. The van der Waals surface area contributed by atoms with Crippen LogP contribution >= 0.6 is 0 Å². The first kappa shape index (κ1) is 15.8. The fraction of sp³-hybridized carbons (Fsp3) is 0.533. The third-order valence-electron chi connectivity index (χ3n) is 3.60. The van der Waals surface area contributed by atoms with Gasteiger partial charge < -0.3 is 10.1 Å². The van der Waals surface area contributed by atoms with Gasteiger partial charge in [0.05, 0.1) is 12.2 Å². The number of rotatable bonds is 5. The second kappa shape index (κ2) is 6.05. The summed E-state index contributed by atoms with van der Waals surface area (Å²) in [6.07, 6.45) is -3.93. The van der Waals surface area contributed by atoms with Crippen molar-refractivity contribution in [3.8, 4) is 0 Å². The van der Waals surface area contributed by atoms with Gasteiger partial charge in [-0.2, -0.15) is 13.2 Å². The molecule has 1 aromatic carbocycles. The molecule has 1 amide bonds. The molecule has 1 fully saturated rings. The minimum atomic E-state index is -4.39. The Balaban J connectivity index is 2.05. The molecule has 1 saturated carbocycles. The standard InChI is InChI=1S/C15H18F3NO2/c1-9(8-21-2)19-14(20)12-7-11(12)10-5-3-4-6-13(10)15(16,17)18/h3-6,9,11-12H,7-8H2,1-2H3,(H,19,20). The number of ether oxygens (including phenoxy) is 1. The van der Waals surface area contributed by atoms with Crippen LogP contribution < -0.4 is 5.32 Å². The Morgan fingerprint density at radius 1 is 1.43 bits per heavy atom. The summed E-state index contributed by atoms with van der Waals surface area (Å²) in [7, 11) is 1.53. The van der Waals surface area contributed by atoms with Crippen LogP contribution in [0.4, 0.5) is 13.2 Å². The van der Waals surface area contributed by atoms with Gasteiger partial charge in [-0.3, -0.25) is 4.79 Å². The maximum Gasteiger partial charge on any atom is 0.416 e. The number of carbonyl (C=O) groups excluding carboxylic acids is 1. The van der Waals surface area contributed by atoms with Crippen LogP contribution in [0, 0.1) is 5.92 Å². The van der Waals surface area contributed by atoms with Gasteiger partial charge in [0.25, 0.3) is 0 Å². The number of alkyl halides is 3. The Labute approximate surface area is 121 Å². The topological polar surface area (TPSA) is 38.3 Å². The lowest BCUT2D eigenvalue weighted by molar-refractivity contribution is -0.138. The second-order valence-electron chi connectivity index (χ2n) is 5.40. The predicted molar refractivity (Wildman–Crippen MR) is 71.8 cm³/mol. The lowest BCUT2D eigenvalue weighted by Crippen LogP contribution is -2.36. The Bertz CT molecular complexity index is 516. The van der Waals surface area contributed by atoms with E-state index >= 15 is 0 Å². The first-order chi connectivity index (χ1) is 9.84. The molecule has 1 aromatic rings. The fourth-order valence-electron chi connectivity index (χ4n) is 2.55. The average Bonchev–Trinajstić information content (AvgIpc) is 3.18. The summed E-state index contributed by atoms with van der Waals surface area (Å²) >= 11 is 0. The molecule has 2 rings (SSSR count). The molecule has 0 radical (unpaired) electrons. The summed E-state index contributed by atoms with van der Waals surface area (Å²) in [6, 6.07) is 5.31. The molecule has 1 aliphatic carbocycles. The molecule has 116 valence electrons. The Kier molecular flexibility index (Phi) is 4.56. The highest BCUT2D eigenvalue weighted by atomic mass is 19.4. The van der Waals surface area contributed by atoms with Crippen LogP contribution in [0.1, 0.15) is 30.4 Å². The van der Waals surface area contributed by atoms with E-state index in [-0.39, 0.29) is 29.3 Å². The SMILES string of the molecule is COCC(C)NC(=O)C1CC1c1ccccc1C(F)(F)F. The van der Waals surface area contributed by atoms with Crippen LogP contribution in [0.5, 0.6) is 0 Å². The normalized spacial score (nSPS) is 22.7. The predicted octanol–water partition coefficient (Wildman–Crippen LogP) is 2.96. The van der Waals surface area contributed by atoms with Crippen molar-refractivity contribution in [2.24, 2.45) is 5.92 Å². The smallest absolute Gasteiger partial charge is 0.383 e. The molecule has 0 heterocycles. The zero-order chi connectivity index (χ0) is 15.6. The first-order valence-corrected chi connectivity index (χ1v) is 6.80. The van der Waals surface area contributed by atoms with Gasteiger partial charge in [-0.05, 0) is 30.9 Å². The highest BCUT2D eigenvalue weighted by Crippen LogP contribution is 2.51. The van der Waals surface area contributed by atoms with E-state index in [1.165, 1.54) is 19.2 Å². The highest BCUT2D eigenvalue weighted by molar-refractivity contribution is 5.83. The van der Waals surface area contributed by atoms with Gasteiger partial charge in [-0.15, -0.1) is 0 Å². The molecule has 6 heteroatoms.